The summed E-state index contributed by atoms with van der Waals surface area (Å²) in [5.41, 5.74) is 2.98. The molecule has 5 aromatic rings. The largest absolute Gasteiger partial charge is 0.445 e. The van der Waals surface area contributed by atoms with Crippen LogP contribution in [0.2, 0.25) is 5.02 Å². The number of para-hydroxylation sites is 1. The van der Waals surface area contributed by atoms with E-state index in [1.807, 2.05) is 6.07 Å². The zero-order valence-electron chi connectivity index (χ0n) is 21.7. The van der Waals surface area contributed by atoms with E-state index in [2.05, 4.69) is 4.98 Å². The molecule has 0 fully saturated rings. The monoisotopic (exact) mass is 560 g/mol. The molecule has 0 saturated heterocycles. The molecule has 0 aliphatic carbocycles. The molecule has 0 radical (unpaired) electrons. The second-order valence-corrected chi connectivity index (χ2v) is 9.96. The van der Waals surface area contributed by atoms with Crippen LogP contribution >= 0.6 is 11.6 Å². The molecule has 0 unspecified atom stereocenters. The molecule has 1 aliphatic heterocycles. The molecule has 0 N–H and O–H groups in total. The average molecular weight is 561 g/mol. The molecule has 1 aromatic heterocycles. The summed E-state index contributed by atoms with van der Waals surface area (Å²) < 4.78 is 5.71. The van der Waals surface area contributed by atoms with Crippen LogP contribution in [-0.2, 0) is 4.74 Å². The van der Waals surface area contributed by atoms with Crippen molar-refractivity contribution in [1.82, 2.24) is 4.98 Å². The fraction of sp³-hybridized carbons (Fsp3) is 0.0606. The molecule has 1 atom stereocenters. The van der Waals surface area contributed by atoms with E-state index in [9.17, 15) is 19.2 Å². The number of carbonyl (C=O) groups is 4. The van der Waals surface area contributed by atoms with E-state index < -0.39 is 23.9 Å². The topological polar surface area (TPSA) is 93.6 Å². The first-order chi connectivity index (χ1) is 19.8. The zero-order valence-corrected chi connectivity index (χ0v) is 22.5. The Morgan fingerprint density at radius 2 is 1.39 bits per heavy atom. The van der Waals surface area contributed by atoms with Crippen LogP contribution in [0.1, 0.15) is 58.8 Å². The van der Waals surface area contributed by atoms with Gasteiger partial charge in [-0.15, -0.1) is 0 Å². The Labute approximate surface area is 240 Å². The number of nitrogens with zero attached hydrogens (tertiary/aromatic N) is 2. The number of halogens is 1. The standard InChI is InChI=1S/C33H21ClN2O5/c1-19-27-28(25-9-5-6-10-26(25)35-19)32(39)36(31(27)38)24-17-13-22(14-18-24)33(40)41-30(21-11-15-23(34)16-12-21)29(37)20-7-3-2-4-8-20/h2-18,30H,1H3/t30-/m0/s1. The van der Waals surface area contributed by atoms with Gasteiger partial charge in [-0.05, 0) is 49.4 Å². The summed E-state index contributed by atoms with van der Waals surface area (Å²) in [5, 5.41) is 1.08. The Kier molecular flexibility index (Phi) is 6.65. The molecule has 0 bridgehead atoms. The second-order valence-electron chi connectivity index (χ2n) is 9.52. The van der Waals surface area contributed by atoms with E-state index in [1.54, 1.807) is 79.7 Å². The van der Waals surface area contributed by atoms with Crippen LogP contribution in [-0.4, -0.2) is 28.6 Å². The van der Waals surface area contributed by atoms with Gasteiger partial charge in [-0.25, -0.2) is 9.69 Å². The number of ketones is 1. The van der Waals surface area contributed by atoms with Crippen molar-refractivity contribution < 1.29 is 23.9 Å². The number of fused-ring (bicyclic) bond motifs is 3. The second kappa shape index (κ2) is 10.4. The summed E-state index contributed by atoms with van der Waals surface area (Å²) in [6, 6.07) is 28.1. The minimum Gasteiger partial charge on any atom is -0.445 e. The summed E-state index contributed by atoms with van der Waals surface area (Å²) in [7, 11) is 0. The summed E-state index contributed by atoms with van der Waals surface area (Å²) >= 11 is 6.02. The number of amides is 2. The van der Waals surface area contributed by atoms with E-state index in [1.165, 1.54) is 24.3 Å². The van der Waals surface area contributed by atoms with Gasteiger partial charge in [0.2, 0.25) is 5.78 Å². The van der Waals surface area contributed by atoms with E-state index >= 15 is 0 Å². The number of ether oxygens (including phenoxy) is 1. The highest BCUT2D eigenvalue weighted by Gasteiger charge is 2.40. The molecule has 1 aliphatic rings. The van der Waals surface area contributed by atoms with Crippen molar-refractivity contribution in [2.75, 3.05) is 4.90 Å². The van der Waals surface area contributed by atoms with Gasteiger partial charge in [0.15, 0.2) is 6.10 Å². The van der Waals surface area contributed by atoms with Gasteiger partial charge in [-0.3, -0.25) is 19.4 Å². The molecule has 7 nitrogen and oxygen atoms in total. The number of imide groups is 1. The lowest BCUT2D eigenvalue weighted by Gasteiger charge is -2.18. The molecule has 6 rings (SSSR count). The van der Waals surface area contributed by atoms with Crippen LogP contribution < -0.4 is 4.90 Å². The third kappa shape index (κ3) is 4.66. The van der Waals surface area contributed by atoms with E-state index in [0.29, 0.717) is 44.0 Å². The molecule has 4 aromatic carbocycles. The van der Waals surface area contributed by atoms with Crippen LogP contribution in [0.25, 0.3) is 10.9 Å². The summed E-state index contributed by atoms with van der Waals surface area (Å²) in [5.74, 6) is -2.07. The first-order valence-corrected chi connectivity index (χ1v) is 13.1. The number of carbonyl (C=O) groups excluding carboxylic acids is 4. The first kappa shape index (κ1) is 26.1. The normalized spacial score (nSPS) is 13.3. The highest BCUT2D eigenvalue weighted by molar-refractivity contribution is 6.37. The Hall–Kier alpha value is -5.14. The predicted molar refractivity (Wildman–Crippen MR) is 154 cm³/mol. The quantitative estimate of drug-likeness (QED) is 0.129. The SMILES string of the molecule is Cc1nc2ccccc2c2c1C(=O)N(c1ccc(C(=O)O[C@H](C(=O)c3ccccc3)c3ccc(Cl)cc3)cc1)C2=O. The lowest BCUT2D eigenvalue weighted by Crippen LogP contribution is -2.29. The van der Waals surface area contributed by atoms with Crippen molar-refractivity contribution in [1.29, 1.82) is 0 Å². The third-order valence-corrected chi connectivity index (χ3v) is 7.21. The van der Waals surface area contributed by atoms with Gasteiger partial charge < -0.3 is 4.74 Å². The highest BCUT2D eigenvalue weighted by atomic mass is 35.5. The molecule has 0 saturated carbocycles. The molecule has 41 heavy (non-hydrogen) atoms. The van der Waals surface area contributed by atoms with Crippen molar-refractivity contribution in [3.8, 4) is 0 Å². The van der Waals surface area contributed by atoms with Gasteiger partial charge in [-0.2, -0.15) is 0 Å². The molecule has 2 heterocycles. The molecular formula is C33H21ClN2O5. The van der Waals surface area contributed by atoms with Crippen LogP contribution in [0.5, 0.6) is 0 Å². The van der Waals surface area contributed by atoms with E-state index in [-0.39, 0.29) is 16.9 Å². The zero-order chi connectivity index (χ0) is 28.7. The summed E-state index contributed by atoms with van der Waals surface area (Å²) in [6.45, 7) is 1.70. The maximum atomic E-state index is 13.5. The maximum Gasteiger partial charge on any atom is 0.339 e. The number of benzene rings is 4. The number of aromatic nitrogens is 1. The number of pyridine rings is 1. The van der Waals surface area contributed by atoms with Gasteiger partial charge in [0.25, 0.3) is 11.8 Å². The lowest BCUT2D eigenvalue weighted by molar-refractivity contribution is 0.0280. The van der Waals surface area contributed by atoms with Crippen molar-refractivity contribution >= 4 is 51.8 Å². The molecular weight excluding hydrogens is 540 g/mol. The number of aryl methyl sites for hydroxylation is 1. The Morgan fingerprint density at radius 3 is 2.10 bits per heavy atom. The van der Waals surface area contributed by atoms with Crippen LogP contribution in [0.15, 0.2) is 103 Å². The molecule has 2 amide bonds. The number of rotatable bonds is 6. The van der Waals surface area contributed by atoms with Gasteiger partial charge in [0.1, 0.15) is 0 Å². The third-order valence-electron chi connectivity index (χ3n) is 6.96. The van der Waals surface area contributed by atoms with Crippen molar-refractivity contribution in [2.45, 2.75) is 13.0 Å². The van der Waals surface area contributed by atoms with Gasteiger partial charge in [-0.1, -0.05) is 72.3 Å². The average Bonchev–Trinajstić information content (AvgIpc) is 3.27. The fourth-order valence-corrected chi connectivity index (χ4v) is 5.08. The summed E-state index contributed by atoms with van der Waals surface area (Å²) in [4.78, 5) is 58.9. The Balaban J connectivity index is 1.28. The van der Waals surface area contributed by atoms with Crippen molar-refractivity contribution in [3.63, 3.8) is 0 Å². The summed E-state index contributed by atoms with van der Waals surface area (Å²) in [6.07, 6.45) is -1.21. The number of Topliss-reactive ketones (excluding diaryl/α,β-unsaturated/α-hetero) is 1. The van der Waals surface area contributed by atoms with E-state index in [0.717, 1.165) is 4.90 Å². The molecule has 0 spiro atoms. The fourth-order valence-electron chi connectivity index (χ4n) is 4.95. The molecule has 8 heteroatoms. The number of hydrogen-bond acceptors (Lipinski definition) is 6. The van der Waals surface area contributed by atoms with E-state index in [4.69, 9.17) is 16.3 Å². The van der Waals surface area contributed by atoms with Gasteiger partial charge in [0.05, 0.1) is 33.6 Å². The Bertz CT molecular complexity index is 1850. The minimum absolute atomic E-state index is 0.147. The molecule has 200 valence electrons. The predicted octanol–water partition coefficient (Wildman–Crippen LogP) is 6.78. The van der Waals surface area contributed by atoms with Gasteiger partial charge >= 0.3 is 5.97 Å². The number of hydrogen-bond donors (Lipinski definition) is 0. The Morgan fingerprint density at radius 1 is 0.756 bits per heavy atom. The van der Waals surface area contributed by atoms with Crippen LogP contribution in [0.3, 0.4) is 0 Å². The number of anilines is 1. The van der Waals surface area contributed by atoms with Crippen LogP contribution in [0.4, 0.5) is 5.69 Å². The minimum atomic E-state index is -1.21. The maximum absolute atomic E-state index is 13.5. The number of esters is 1. The first-order valence-electron chi connectivity index (χ1n) is 12.8. The smallest absolute Gasteiger partial charge is 0.339 e. The van der Waals surface area contributed by atoms with Gasteiger partial charge in [0, 0.05) is 21.5 Å². The van der Waals surface area contributed by atoms with Crippen LogP contribution in [0, 0.1) is 6.92 Å². The highest BCUT2D eigenvalue weighted by Crippen LogP contribution is 2.34. The van der Waals surface area contributed by atoms with Crippen molar-refractivity contribution in [3.05, 3.63) is 142 Å². The lowest BCUT2D eigenvalue weighted by atomic mass is 9.99. The van der Waals surface area contributed by atoms with Crippen molar-refractivity contribution in [2.24, 2.45) is 0 Å².